The summed E-state index contributed by atoms with van der Waals surface area (Å²) in [6, 6.07) is 0. The van der Waals surface area contributed by atoms with Crippen molar-refractivity contribution in [2.45, 2.75) is 13.0 Å². The molecule has 19 heavy (non-hydrogen) atoms. The van der Waals surface area contributed by atoms with E-state index in [0.29, 0.717) is 32.1 Å². The molecule has 0 amide bonds. The number of nitrogens with one attached hydrogen (secondary N) is 2. The van der Waals surface area contributed by atoms with Gasteiger partial charge in [-0.1, -0.05) is 0 Å². The zero-order valence-corrected chi connectivity index (χ0v) is 11.9. The Labute approximate surface area is 112 Å². The second kappa shape index (κ2) is 5.95. The summed E-state index contributed by atoms with van der Waals surface area (Å²) < 4.78 is 30.1. The maximum Gasteiger partial charge on any atom is 0.208 e. The van der Waals surface area contributed by atoms with Crippen LogP contribution in [0.5, 0.6) is 0 Å². The average molecular weight is 289 g/mol. The summed E-state index contributed by atoms with van der Waals surface area (Å²) in [4.78, 5) is 6.40. The minimum absolute atomic E-state index is 0.156. The predicted octanol–water partition coefficient (Wildman–Crippen LogP) is -0.964. The molecule has 8 nitrogen and oxygen atoms in total. The number of sulfonamides is 1. The first-order valence-corrected chi connectivity index (χ1v) is 8.01. The molecule has 108 valence electrons. The number of aromatic amines is 1. The van der Waals surface area contributed by atoms with Crippen LogP contribution in [0.1, 0.15) is 17.8 Å². The Morgan fingerprint density at radius 1 is 1.58 bits per heavy atom. The molecule has 2 rings (SSSR count). The lowest BCUT2D eigenvalue weighted by Gasteiger charge is -2.31. The van der Waals surface area contributed by atoms with Gasteiger partial charge in [0.15, 0.2) is 5.82 Å². The van der Waals surface area contributed by atoms with Crippen molar-refractivity contribution in [3.8, 4) is 0 Å². The summed E-state index contributed by atoms with van der Waals surface area (Å²) in [7, 11) is -3.12. The highest BCUT2D eigenvalue weighted by atomic mass is 32.2. The Hall–Kier alpha value is -1.03. The average Bonchev–Trinajstić information content (AvgIpc) is 2.75. The first-order chi connectivity index (χ1) is 8.94. The van der Waals surface area contributed by atoms with Gasteiger partial charge in [-0.15, -0.1) is 0 Å². The van der Waals surface area contributed by atoms with Crippen LogP contribution in [-0.2, 0) is 14.8 Å². The predicted molar refractivity (Wildman–Crippen MR) is 69.1 cm³/mol. The van der Waals surface area contributed by atoms with Gasteiger partial charge in [0.25, 0.3) is 0 Å². The molecule has 1 aromatic rings. The van der Waals surface area contributed by atoms with Crippen molar-refractivity contribution in [2.24, 2.45) is 0 Å². The summed E-state index contributed by atoms with van der Waals surface area (Å²) in [5.74, 6) is 1.41. The van der Waals surface area contributed by atoms with Gasteiger partial charge in [0.05, 0.1) is 12.9 Å². The van der Waals surface area contributed by atoms with E-state index in [-0.39, 0.29) is 6.10 Å². The van der Waals surface area contributed by atoms with Crippen LogP contribution in [0, 0.1) is 6.92 Å². The van der Waals surface area contributed by atoms with E-state index < -0.39 is 10.0 Å². The zero-order chi connectivity index (χ0) is 13.9. The molecule has 0 saturated carbocycles. The van der Waals surface area contributed by atoms with Crippen molar-refractivity contribution >= 4 is 10.0 Å². The maximum atomic E-state index is 11.0. The molecule has 9 heteroatoms. The number of nitrogens with zero attached hydrogens (tertiary/aromatic N) is 3. The number of hydrogen-bond donors (Lipinski definition) is 2. The summed E-state index contributed by atoms with van der Waals surface area (Å²) in [5, 5.41) is 6.89. The Balaban J connectivity index is 1.84. The van der Waals surface area contributed by atoms with Gasteiger partial charge in [-0.25, -0.2) is 18.1 Å². The van der Waals surface area contributed by atoms with Crippen molar-refractivity contribution in [1.29, 1.82) is 0 Å². The molecule has 0 unspecified atom stereocenters. The van der Waals surface area contributed by atoms with Crippen LogP contribution in [-0.4, -0.2) is 67.5 Å². The standard InChI is InChI=1S/C10H19N5O3S/c1-8-12-10(14-13-8)9-7-15(5-6-18-9)4-3-11-19(2,16)17/h9,11H,3-7H2,1-2H3,(H,12,13,14)/t9-/m1/s1. The van der Waals surface area contributed by atoms with E-state index in [0.717, 1.165) is 18.6 Å². The van der Waals surface area contributed by atoms with Gasteiger partial charge in [-0.2, -0.15) is 5.10 Å². The van der Waals surface area contributed by atoms with Crippen LogP contribution in [0.2, 0.25) is 0 Å². The first kappa shape index (κ1) is 14.4. The fraction of sp³-hybridized carbons (Fsp3) is 0.800. The highest BCUT2D eigenvalue weighted by Crippen LogP contribution is 2.18. The number of hydrogen-bond acceptors (Lipinski definition) is 6. The van der Waals surface area contributed by atoms with E-state index in [9.17, 15) is 8.42 Å². The van der Waals surface area contributed by atoms with Gasteiger partial charge in [-0.3, -0.25) is 10.00 Å². The Morgan fingerprint density at radius 2 is 2.37 bits per heavy atom. The molecule has 1 aliphatic heterocycles. The lowest BCUT2D eigenvalue weighted by molar-refractivity contribution is -0.0333. The molecule has 1 aromatic heterocycles. The Morgan fingerprint density at radius 3 is 3.00 bits per heavy atom. The summed E-state index contributed by atoms with van der Waals surface area (Å²) in [6.07, 6.45) is 1.00. The highest BCUT2D eigenvalue weighted by Gasteiger charge is 2.24. The fourth-order valence-corrected chi connectivity index (χ4v) is 2.42. The second-order valence-electron chi connectivity index (χ2n) is 4.61. The lowest BCUT2D eigenvalue weighted by Crippen LogP contribution is -2.42. The van der Waals surface area contributed by atoms with E-state index in [1.165, 1.54) is 0 Å². The van der Waals surface area contributed by atoms with Gasteiger partial charge in [0, 0.05) is 26.2 Å². The molecule has 0 radical (unpaired) electrons. The minimum atomic E-state index is -3.12. The third kappa shape index (κ3) is 4.53. The van der Waals surface area contributed by atoms with Gasteiger partial charge in [0.1, 0.15) is 11.9 Å². The third-order valence-corrected chi connectivity index (χ3v) is 3.57. The van der Waals surface area contributed by atoms with Crippen molar-refractivity contribution in [3.05, 3.63) is 11.6 Å². The smallest absolute Gasteiger partial charge is 0.208 e. The lowest BCUT2D eigenvalue weighted by atomic mass is 10.2. The van der Waals surface area contributed by atoms with Crippen LogP contribution in [0.15, 0.2) is 0 Å². The molecule has 1 atom stereocenters. The van der Waals surface area contributed by atoms with Gasteiger partial charge in [0.2, 0.25) is 10.0 Å². The fourth-order valence-electron chi connectivity index (χ4n) is 1.95. The second-order valence-corrected chi connectivity index (χ2v) is 6.44. The van der Waals surface area contributed by atoms with E-state index >= 15 is 0 Å². The van der Waals surface area contributed by atoms with E-state index in [2.05, 4.69) is 24.8 Å². The normalized spacial score (nSPS) is 21.7. The molecule has 0 bridgehead atoms. The molecule has 2 heterocycles. The van der Waals surface area contributed by atoms with Crippen molar-refractivity contribution in [2.75, 3.05) is 39.0 Å². The summed E-state index contributed by atoms with van der Waals surface area (Å²) >= 11 is 0. The molecule has 2 N–H and O–H groups in total. The Bertz CT molecular complexity index is 515. The van der Waals surface area contributed by atoms with Gasteiger partial charge in [-0.05, 0) is 6.92 Å². The summed E-state index contributed by atoms with van der Waals surface area (Å²) in [5.41, 5.74) is 0. The monoisotopic (exact) mass is 289 g/mol. The highest BCUT2D eigenvalue weighted by molar-refractivity contribution is 7.88. The minimum Gasteiger partial charge on any atom is -0.367 e. The number of rotatable bonds is 5. The van der Waals surface area contributed by atoms with Gasteiger partial charge < -0.3 is 4.74 Å². The molecule has 0 spiro atoms. The topological polar surface area (TPSA) is 100 Å². The van der Waals surface area contributed by atoms with Crippen LogP contribution in [0.4, 0.5) is 0 Å². The van der Waals surface area contributed by atoms with Crippen molar-refractivity contribution < 1.29 is 13.2 Å². The van der Waals surface area contributed by atoms with Crippen LogP contribution in [0.25, 0.3) is 0 Å². The first-order valence-electron chi connectivity index (χ1n) is 6.11. The van der Waals surface area contributed by atoms with E-state index in [4.69, 9.17) is 4.74 Å². The molecule has 0 aromatic carbocycles. The Kier molecular flexibility index (Phi) is 4.50. The van der Waals surface area contributed by atoms with E-state index in [1.807, 2.05) is 6.92 Å². The maximum absolute atomic E-state index is 11.0. The molecule has 1 fully saturated rings. The number of morpholine rings is 1. The molecule has 1 saturated heterocycles. The van der Waals surface area contributed by atoms with Crippen molar-refractivity contribution in [1.82, 2.24) is 24.8 Å². The van der Waals surface area contributed by atoms with Crippen LogP contribution < -0.4 is 4.72 Å². The number of ether oxygens (including phenoxy) is 1. The third-order valence-electron chi connectivity index (χ3n) is 2.85. The van der Waals surface area contributed by atoms with Crippen molar-refractivity contribution in [3.63, 3.8) is 0 Å². The number of H-pyrrole nitrogens is 1. The van der Waals surface area contributed by atoms with Crippen LogP contribution in [0.3, 0.4) is 0 Å². The largest absolute Gasteiger partial charge is 0.367 e. The zero-order valence-electron chi connectivity index (χ0n) is 11.1. The molecule has 1 aliphatic rings. The molecular formula is C10H19N5O3S. The molecule has 0 aliphatic carbocycles. The number of aryl methyl sites for hydroxylation is 1. The van der Waals surface area contributed by atoms with Gasteiger partial charge >= 0.3 is 0 Å². The van der Waals surface area contributed by atoms with Crippen LogP contribution >= 0.6 is 0 Å². The number of aromatic nitrogens is 3. The quantitative estimate of drug-likeness (QED) is 0.724. The SMILES string of the molecule is Cc1nc([C@H]2CN(CCNS(C)(=O)=O)CCO2)n[nH]1. The summed E-state index contributed by atoms with van der Waals surface area (Å²) in [6.45, 7) is 4.94. The van der Waals surface area contributed by atoms with E-state index in [1.54, 1.807) is 0 Å². The molecular weight excluding hydrogens is 270 g/mol.